The third-order valence-electron chi connectivity index (χ3n) is 3.94. The molecule has 1 aromatic heterocycles. The molecule has 21 heavy (non-hydrogen) atoms. The van der Waals surface area contributed by atoms with Gasteiger partial charge < -0.3 is 14.4 Å². The number of benzene rings is 1. The van der Waals surface area contributed by atoms with E-state index in [1.165, 1.54) is 32.1 Å². The highest BCUT2D eigenvalue weighted by molar-refractivity contribution is 6.07. The molecule has 1 N–H and O–H groups in total. The average Bonchev–Trinajstić information content (AvgIpc) is 2.88. The number of aryl methyl sites for hydroxylation is 1. The smallest absolute Gasteiger partial charge is 0.329 e. The van der Waals surface area contributed by atoms with Gasteiger partial charge >= 0.3 is 5.97 Å². The summed E-state index contributed by atoms with van der Waals surface area (Å²) in [7, 11) is 1.49. The fourth-order valence-corrected chi connectivity index (χ4v) is 2.04. The maximum atomic E-state index is 12.6. The molecule has 5 heteroatoms. The summed E-state index contributed by atoms with van der Waals surface area (Å²) in [6.07, 6.45) is 2.24. The number of hydrogen-bond acceptors (Lipinski definition) is 3. The van der Waals surface area contributed by atoms with Crippen LogP contribution >= 0.6 is 0 Å². The van der Waals surface area contributed by atoms with E-state index in [4.69, 9.17) is 4.42 Å². The number of furan rings is 1. The van der Waals surface area contributed by atoms with Crippen molar-refractivity contribution < 1.29 is 19.1 Å². The molecule has 0 radical (unpaired) electrons. The predicted molar refractivity (Wildman–Crippen MR) is 79.4 cm³/mol. The lowest BCUT2D eigenvalue weighted by molar-refractivity contribution is -0.147. The SMILES string of the molecule is CCc1ccc2occ(C(=O)N(C)C(C)(C)C(=O)O)c2c1. The maximum absolute atomic E-state index is 12.6. The van der Waals surface area contributed by atoms with Crippen LogP contribution in [0.25, 0.3) is 11.0 Å². The van der Waals surface area contributed by atoms with Crippen LogP contribution in [-0.2, 0) is 11.2 Å². The molecule has 1 aromatic carbocycles. The summed E-state index contributed by atoms with van der Waals surface area (Å²) in [6, 6.07) is 5.69. The number of nitrogens with zero attached hydrogens (tertiary/aromatic N) is 1. The lowest BCUT2D eigenvalue weighted by atomic mass is 10.0. The second kappa shape index (κ2) is 5.24. The van der Waals surface area contributed by atoms with Crippen molar-refractivity contribution in [1.82, 2.24) is 4.90 Å². The van der Waals surface area contributed by atoms with E-state index < -0.39 is 11.5 Å². The first kappa shape index (κ1) is 15.1. The normalized spacial score (nSPS) is 11.6. The van der Waals surface area contributed by atoms with Gasteiger partial charge in [-0.3, -0.25) is 4.79 Å². The van der Waals surface area contributed by atoms with Gasteiger partial charge in [0.15, 0.2) is 0 Å². The third-order valence-corrected chi connectivity index (χ3v) is 3.94. The molecule has 0 saturated carbocycles. The molecule has 0 unspecified atom stereocenters. The van der Waals surface area contributed by atoms with Crippen molar-refractivity contribution in [2.45, 2.75) is 32.7 Å². The standard InChI is InChI=1S/C16H19NO4/c1-5-10-6-7-13-11(8-10)12(9-21-13)14(18)17(4)16(2,3)15(19)20/h6-9H,5H2,1-4H3,(H,19,20). The minimum absolute atomic E-state index is 0.366. The van der Waals surface area contributed by atoms with Crippen molar-refractivity contribution in [3.63, 3.8) is 0 Å². The van der Waals surface area contributed by atoms with Gasteiger partial charge in [0.2, 0.25) is 0 Å². The number of hydrogen-bond donors (Lipinski definition) is 1. The molecule has 1 amide bonds. The van der Waals surface area contributed by atoms with Gasteiger partial charge in [-0.1, -0.05) is 13.0 Å². The Morgan fingerprint density at radius 1 is 1.33 bits per heavy atom. The summed E-state index contributed by atoms with van der Waals surface area (Å²) < 4.78 is 5.40. The molecule has 2 rings (SSSR count). The van der Waals surface area contributed by atoms with Gasteiger partial charge in [0, 0.05) is 12.4 Å². The monoisotopic (exact) mass is 289 g/mol. The Kier molecular flexibility index (Phi) is 3.77. The van der Waals surface area contributed by atoms with Crippen LogP contribution < -0.4 is 0 Å². The van der Waals surface area contributed by atoms with Crippen molar-refractivity contribution in [3.05, 3.63) is 35.6 Å². The average molecular weight is 289 g/mol. The van der Waals surface area contributed by atoms with Gasteiger partial charge in [-0.05, 0) is 38.0 Å². The molecule has 5 nitrogen and oxygen atoms in total. The van der Waals surface area contributed by atoms with Crippen LogP contribution in [0.5, 0.6) is 0 Å². The third kappa shape index (κ3) is 2.51. The molecule has 0 saturated heterocycles. The lowest BCUT2D eigenvalue weighted by Gasteiger charge is -2.31. The Balaban J connectivity index is 2.46. The summed E-state index contributed by atoms with van der Waals surface area (Å²) in [4.78, 5) is 25.1. The zero-order chi connectivity index (χ0) is 15.8. The van der Waals surface area contributed by atoms with Crippen LogP contribution in [0, 0.1) is 0 Å². The molecule has 0 spiro atoms. The van der Waals surface area contributed by atoms with E-state index >= 15 is 0 Å². The Morgan fingerprint density at radius 3 is 2.57 bits per heavy atom. The minimum Gasteiger partial charge on any atom is -0.480 e. The van der Waals surface area contributed by atoms with E-state index in [-0.39, 0.29) is 5.91 Å². The van der Waals surface area contributed by atoms with Crippen molar-refractivity contribution >= 4 is 22.8 Å². The van der Waals surface area contributed by atoms with Gasteiger partial charge in [0.05, 0.1) is 5.56 Å². The molecule has 0 aliphatic rings. The summed E-state index contributed by atoms with van der Waals surface area (Å²) in [6.45, 7) is 5.02. The number of likely N-dealkylation sites (N-methyl/N-ethyl adjacent to an activating group) is 1. The molecular formula is C16H19NO4. The van der Waals surface area contributed by atoms with Gasteiger partial charge in [0.25, 0.3) is 5.91 Å². The van der Waals surface area contributed by atoms with Crippen molar-refractivity contribution in [2.24, 2.45) is 0 Å². The molecule has 112 valence electrons. The van der Waals surface area contributed by atoms with E-state index in [1.54, 1.807) is 0 Å². The minimum atomic E-state index is -1.29. The van der Waals surface area contributed by atoms with Gasteiger partial charge in [-0.15, -0.1) is 0 Å². The van der Waals surface area contributed by atoms with Crippen LogP contribution in [0.3, 0.4) is 0 Å². The highest BCUT2D eigenvalue weighted by Crippen LogP contribution is 2.26. The maximum Gasteiger partial charge on any atom is 0.329 e. The molecule has 2 aromatic rings. The Bertz CT molecular complexity index is 699. The number of rotatable bonds is 4. The molecular weight excluding hydrogens is 270 g/mol. The number of carboxylic acid groups (broad SMARTS) is 1. The molecule has 0 fully saturated rings. The predicted octanol–water partition coefficient (Wildman–Crippen LogP) is 2.93. The fraction of sp³-hybridized carbons (Fsp3) is 0.375. The summed E-state index contributed by atoms with van der Waals surface area (Å²) in [5.41, 5.74) is 0.815. The zero-order valence-corrected chi connectivity index (χ0v) is 12.6. The summed E-state index contributed by atoms with van der Waals surface area (Å²) in [5.74, 6) is -1.42. The molecule has 0 bridgehead atoms. The fourth-order valence-electron chi connectivity index (χ4n) is 2.04. The van der Waals surface area contributed by atoms with E-state index in [0.717, 1.165) is 12.0 Å². The van der Waals surface area contributed by atoms with Crippen molar-refractivity contribution in [3.8, 4) is 0 Å². The first-order valence-corrected chi connectivity index (χ1v) is 6.80. The van der Waals surface area contributed by atoms with Gasteiger partial charge in [-0.2, -0.15) is 0 Å². The highest BCUT2D eigenvalue weighted by atomic mass is 16.4. The Labute approximate surface area is 123 Å². The molecule has 0 atom stereocenters. The van der Waals surface area contributed by atoms with E-state index in [0.29, 0.717) is 16.5 Å². The van der Waals surface area contributed by atoms with Gasteiger partial charge in [-0.25, -0.2) is 4.79 Å². The number of amides is 1. The Hall–Kier alpha value is -2.30. The number of carbonyl (C=O) groups excluding carboxylic acids is 1. The van der Waals surface area contributed by atoms with Crippen molar-refractivity contribution in [2.75, 3.05) is 7.05 Å². The molecule has 0 aliphatic carbocycles. The first-order chi connectivity index (χ1) is 9.78. The van der Waals surface area contributed by atoms with E-state index in [2.05, 4.69) is 0 Å². The topological polar surface area (TPSA) is 70.8 Å². The number of carbonyl (C=O) groups is 2. The zero-order valence-electron chi connectivity index (χ0n) is 12.6. The number of carboxylic acids is 1. The Morgan fingerprint density at radius 2 is 2.00 bits per heavy atom. The van der Waals surface area contributed by atoms with Crippen LogP contribution in [0.4, 0.5) is 0 Å². The largest absolute Gasteiger partial charge is 0.480 e. The van der Waals surface area contributed by atoms with Gasteiger partial charge in [0.1, 0.15) is 17.4 Å². The van der Waals surface area contributed by atoms with E-state index in [9.17, 15) is 14.7 Å². The molecule has 0 aliphatic heterocycles. The quantitative estimate of drug-likeness (QED) is 0.939. The second-order valence-corrected chi connectivity index (χ2v) is 5.56. The summed E-state index contributed by atoms with van der Waals surface area (Å²) >= 11 is 0. The highest BCUT2D eigenvalue weighted by Gasteiger charge is 2.36. The second-order valence-electron chi connectivity index (χ2n) is 5.56. The lowest BCUT2D eigenvalue weighted by Crippen LogP contribution is -2.50. The van der Waals surface area contributed by atoms with Crippen LogP contribution in [0.2, 0.25) is 0 Å². The van der Waals surface area contributed by atoms with E-state index in [1.807, 2.05) is 25.1 Å². The van der Waals surface area contributed by atoms with Crippen molar-refractivity contribution in [1.29, 1.82) is 0 Å². The first-order valence-electron chi connectivity index (χ1n) is 6.80. The summed E-state index contributed by atoms with van der Waals surface area (Å²) in [5, 5.41) is 9.95. The van der Waals surface area contributed by atoms with Crippen LogP contribution in [0.15, 0.2) is 28.9 Å². The molecule has 1 heterocycles. The number of fused-ring (bicyclic) bond motifs is 1. The van der Waals surface area contributed by atoms with Crippen LogP contribution in [0.1, 0.15) is 36.7 Å². The van der Waals surface area contributed by atoms with Crippen LogP contribution in [-0.4, -0.2) is 34.5 Å². The number of aliphatic carboxylic acids is 1.